The number of hydrogen-bond acceptors (Lipinski definition) is 4. The average molecular weight is 345 g/mol. The van der Waals surface area contributed by atoms with Gasteiger partial charge in [0.25, 0.3) is 0 Å². The summed E-state index contributed by atoms with van der Waals surface area (Å²) in [6, 6.07) is 22.0. The van der Waals surface area contributed by atoms with Crippen LogP contribution in [0.5, 0.6) is 0 Å². The third-order valence-electron chi connectivity index (χ3n) is 5.70. The number of hydrogen-bond donors (Lipinski definition) is 0. The van der Waals surface area contributed by atoms with E-state index in [1.54, 1.807) is 0 Å². The van der Waals surface area contributed by atoms with Crippen LogP contribution in [0, 0.1) is 0 Å². The molecule has 1 aromatic heterocycles. The van der Waals surface area contributed by atoms with E-state index in [0.717, 1.165) is 37.4 Å². The maximum atomic E-state index is 4.57. The molecule has 2 aromatic carbocycles. The van der Waals surface area contributed by atoms with Gasteiger partial charge in [-0.05, 0) is 12.6 Å². The molecule has 0 radical (unpaired) electrons. The Morgan fingerprint density at radius 2 is 1.62 bits per heavy atom. The molecule has 132 valence electrons. The molecule has 26 heavy (non-hydrogen) atoms. The van der Waals surface area contributed by atoms with Gasteiger partial charge in [-0.15, -0.1) is 5.10 Å². The smallest absolute Gasteiger partial charge is 0.117 e. The Balaban J connectivity index is 1.43. The minimum absolute atomic E-state index is 0.373. The van der Waals surface area contributed by atoms with Crippen LogP contribution in [-0.2, 0) is 13.1 Å². The summed E-state index contributed by atoms with van der Waals surface area (Å²) >= 11 is 0. The van der Waals surface area contributed by atoms with Crippen molar-refractivity contribution in [3.63, 3.8) is 0 Å². The molecule has 1 saturated heterocycles. The van der Waals surface area contributed by atoms with Gasteiger partial charge < -0.3 is 0 Å². The lowest BCUT2D eigenvalue weighted by molar-refractivity contribution is 0.155. The first-order valence-corrected chi connectivity index (χ1v) is 9.25. The highest BCUT2D eigenvalue weighted by atomic mass is 15.5. The normalized spacial score (nSPS) is 23.0. The van der Waals surface area contributed by atoms with Gasteiger partial charge in [-0.1, -0.05) is 65.9 Å². The minimum atomic E-state index is 0.373. The molecule has 0 amide bonds. The molecule has 0 saturated carbocycles. The van der Waals surface area contributed by atoms with Crippen molar-refractivity contribution in [3.8, 4) is 11.3 Å². The first-order chi connectivity index (χ1) is 12.8. The summed E-state index contributed by atoms with van der Waals surface area (Å²) in [7, 11) is 2.23. The summed E-state index contributed by atoms with van der Waals surface area (Å²) in [6.45, 7) is 4.00. The highest BCUT2D eigenvalue weighted by Gasteiger charge is 2.42. The van der Waals surface area contributed by atoms with E-state index in [0.29, 0.717) is 12.1 Å². The Kier molecular flexibility index (Phi) is 3.84. The van der Waals surface area contributed by atoms with Gasteiger partial charge in [0.05, 0.1) is 11.7 Å². The van der Waals surface area contributed by atoms with Crippen molar-refractivity contribution in [2.75, 3.05) is 20.1 Å². The molecule has 5 rings (SSSR count). The lowest BCUT2D eigenvalue weighted by Crippen LogP contribution is -2.44. The molecule has 0 aliphatic carbocycles. The molecule has 5 nitrogen and oxygen atoms in total. The molecule has 5 heteroatoms. The van der Waals surface area contributed by atoms with Crippen molar-refractivity contribution in [3.05, 3.63) is 71.9 Å². The van der Waals surface area contributed by atoms with Gasteiger partial charge >= 0.3 is 0 Å². The van der Waals surface area contributed by atoms with Crippen molar-refractivity contribution in [2.24, 2.45) is 0 Å². The van der Waals surface area contributed by atoms with Gasteiger partial charge in [0.1, 0.15) is 5.69 Å². The van der Waals surface area contributed by atoms with E-state index in [-0.39, 0.29) is 0 Å². The number of benzene rings is 2. The van der Waals surface area contributed by atoms with Gasteiger partial charge in [-0.2, -0.15) is 0 Å². The van der Waals surface area contributed by atoms with Crippen LogP contribution in [0.25, 0.3) is 11.3 Å². The maximum Gasteiger partial charge on any atom is 0.117 e. The fourth-order valence-electron chi connectivity index (χ4n) is 4.39. The largest absolute Gasteiger partial charge is 0.295 e. The van der Waals surface area contributed by atoms with Crippen LogP contribution >= 0.6 is 0 Å². The first-order valence-electron chi connectivity index (χ1n) is 9.25. The Bertz CT molecular complexity index is 889. The van der Waals surface area contributed by atoms with Crippen molar-refractivity contribution in [2.45, 2.75) is 25.2 Å². The molecule has 0 spiro atoms. The number of nitrogens with zero attached hydrogens (tertiary/aromatic N) is 5. The van der Waals surface area contributed by atoms with E-state index in [4.69, 9.17) is 0 Å². The van der Waals surface area contributed by atoms with Gasteiger partial charge in [0.2, 0.25) is 0 Å². The molecule has 2 aliphatic heterocycles. The SMILES string of the molecule is CN1Cc2c(-c3ccccc3)nnn2[C@@H]2CN(Cc3ccccc3)C[C@@H]21. The zero-order valence-electron chi connectivity index (χ0n) is 15.0. The number of aromatic nitrogens is 3. The maximum absolute atomic E-state index is 4.57. The Morgan fingerprint density at radius 3 is 2.38 bits per heavy atom. The first kappa shape index (κ1) is 15.7. The van der Waals surface area contributed by atoms with Crippen LogP contribution in [0.1, 0.15) is 17.3 Å². The van der Waals surface area contributed by atoms with Crippen LogP contribution in [0.3, 0.4) is 0 Å². The second-order valence-electron chi connectivity index (χ2n) is 7.42. The van der Waals surface area contributed by atoms with E-state index in [9.17, 15) is 0 Å². The third-order valence-corrected chi connectivity index (χ3v) is 5.70. The van der Waals surface area contributed by atoms with Crippen LogP contribution < -0.4 is 0 Å². The number of likely N-dealkylation sites (N-methyl/N-ethyl adjacent to an activating group) is 1. The molecule has 3 aromatic rings. The Hall–Kier alpha value is -2.50. The van der Waals surface area contributed by atoms with E-state index in [1.165, 1.54) is 11.3 Å². The monoisotopic (exact) mass is 345 g/mol. The summed E-state index contributed by atoms with van der Waals surface area (Å²) < 4.78 is 2.19. The third kappa shape index (κ3) is 2.64. The van der Waals surface area contributed by atoms with Crippen molar-refractivity contribution in [1.82, 2.24) is 24.8 Å². The lowest BCUT2D eigenvalue weighted by Gasteiger charge is -2.34. The zero-order chi connectivity index (χ0) is 17.5. The van der Waals surface area contributed by atoms with Crippen LogP contribution in [0.2, 0.25) is 0 Å². The van der Waals surface area contributed by atoms with Gasteiger partial charge in [-0.25, -0.2) is 4.68 Å². The quantitative estimate of drug-likeness (QED) is 0.731. The van der Waals surface area contributed by atoms with Crippen LogP contribution in [-0.4, -0.2) is 51.0 Å². The number of rotatable bonds is 3. The highest BCUT2D eigenvalue weighted by molar-refractivity contribution is 5.61. The predicted octanol–water partition coefficient (Wildman–Crippen LogP) is 2.82. The standard InChI is InChI=1S/C21H23N5/c1-24-13-20-21(17-10-6-3-7-11-17)22-23-26(20)19-15-25(14-18(19)24)12-16-8-4-2-5-9-16/h2-11,18-19H,12-15H2,1H3/t18-,19+/m0/s1. The molecule has 0 bridgehead atoms. The molecule has 2 atom stereocenters. The number of fused-ring (bicyclic) bond motifs is 3. The van der Waals surface area contributed by atoms with Crippen molar-refractivity contribution >= 4 is 0 Å². The fraction of sp³-hybridized carbons (Fsp3) is 0.333. The topological polar surface area (TPSA) is 37.2 Å². The van der Waals surface area contributed by atoms with Crippen LogP contribution in [0.15, 0.2) is 60.7 Å². The zero-order valence-corrected chi connectivity index (χ0v) is 15.0. The van der Waals surface area contributed by atoms with Crippen molar-refractivity contribution < 1.29 is 0 Å². The summed E-state index contributed by atoms with van der Waals surface area (Å²) in [5.74, 6) is 0. The minimum Gasteiger partial charge on any atom is -0.295 e. The summed E-state index contributed by atoms with van der Waals surface area (Å²) in [5, 5.41) is 9.10. The Labute approximate surface area is 153 Å². The second-order valence-corrected chi connectivity index (χ2v) is 7.42. The molecule has 1 fully saturated rings. The molecule has 2 aliphatic rings. The lowest BCUT2D eigenvalue weighted by atomic mass is 10.0. The van der Waals surface area contributed by atoms with E-state index >= 15 is 0 Å². The number of likely N-dealkylation sites (tertiary alicyclic amines) is 1. The Morgan fingerprint density at radius 1 is 0.923 bits per heavy atom. The fourth-order valence-corrected chi connectivity index (χ4v) is 4.39. The molecule has 3 heterocycles. The molecular weight excluding hydrogens is 322 g/mol. The highest BCUT2D eigenvalue weighted by Crippen LogP contribution is 2.35. The summed E-state index contributed by atoms with van der Waals surface area (Å²) in [5.41, 5.74) is 4.79. The van der Waals surface area contributed by atoms with Crippen LogP contribution in [0.4, 0.5) is 0 Å². The van der Waals surface area contributed by atoms with Gasteiger partial charge in [0, 0.05) is 37.8 Å². The molecule has 0 unspecified atom stereocenters. The van der Waals surface area contributed by atoms with E-state index in [1.807, 2.05) is 6.07 Å². The van der Waals surface area contributed by atoms with Gasteiger partial charge in [-0.3, -0.25) is 9.80 Å². The second kappa shape index (κ2) is 6.34. The summed E-state index contributed by atoms with van der Waals surface area (Å²) in [6.07, 6.45) is 0. The van der Waals surface area contributed by atoms with Gasteiger partial charge in [0.15, 0.2) is 0 Å². The van der Waals surface area contributed by atoms with E-state index in [2.05, 4.69) is 86.4 Å². The average Bonchev–Trinajstić information content (AvgIpc) is 3.28. The molecule has 0 N–H and O–H groups in total. The molecular formula is C21H23N5. The van der Waals surface area contributed by atoms with Crippen molar-refractivity contribution in [1.29, 1.82) is 0 Å². The summed E-state index contributed by atoms with van der Waals surface area (Å²) in [4.78, 5) is 5.01. The predicted molar refractivity (Wildman–Crippen MR) is 101 cm³/mol. The van der Waals surface area contributed by atoms with E-state index < -0.39 is 0 Å².